The summed E-state index contributed by atoms with van der Waals surface area (Å²) in [5.74, 6) is 0.196. The lowest BCUT2D eigenvalue weighted by Crippen LogP contribution is -2.35. The minimum atomic E-state index is -3.68. The third kappa shape index (κ3) is 6.33. The Morgan fingerprint density at radius 3 is 2.39 bits per heavy atom. The Morgan fingerprint density at radius 1 is 1.07 bits per heavy atom. The number of carbonyl (C=O) groups is 1. The van der Waals surface area contributed by atoms with Crippen molar-refractivity contribution in [1.82, 2.24) is 4.72 Å². The summed E-state index contributed by atoms with van der Waals surface area (Å²) in [4.78, 5) is 12.2. The Bertz CT molecular complexity index is 880. The maximum absolute atomic E-state index is 12.3. The van der Waals surface area contributed by atoms with E-state index in [9.17, 15) is 13.2 Å². The summed E-state index contributed by atoms with van der Waals surface area (Å²) in [5, 5.41) is 0. The highest BCUT2D eigenvalue weighted by Gasteiger charge is 2.18. The van der Waals surface area contributed by atoms with Crippen molar-refractivity contribution in [3.63, 3.8) is 0 Å². The van der Waals surface area contributed by atoms with E-state index < -0.39 is 16.0 Å². The molecule has 152 valence electrons. The fraction of sp³-hybridized carbons (Fsp3) is 0.350. The van der Waals surface area contributed by atoms with E-state index in [1.54, 1.807) is 6.92 Å². The molecule has 28 heavy (non-hydrogen) atoms. The number of carbonyl (C=O) groups excluding carboxylic acids is 1. The van der Waals surface area contributed by atoms with Crippen LogP contribution in [0.4, 0.5) is 0 Å². The van der Waals surface area contributed by atoms with Crippen molar-refractivity contribution in [3.05, 3.63) is 59.7 Å². The maximum atomic E-state index is 12.3. The number of para-hydroxylation sites is 1. The summed E-state index contributed by atoms with van der Waals surface area (Å²) in [6, 6.07) is 12.8. The van der Waals surface area contributed by atoms with Crippen LogP contribution in [-0.2, 0) is 19.5 Å². The van der Waals surface area contributed by atoms with Crippen molar-refractivity contribution in [1.29, 1.82) is 0 Å². The number of methoxy groups -OCH3 is 1. The average molecular weight is 407 g/mol. The van der Waals surface area contributed by atoms with Crippen LogP contribution in [0.2, 0.25) is 0 Å². The number of ether oxygens (including phenoxy) is 3. The molecule has 0 aliphatic heterocycles. The van der Waals surface area contributed by atoms with E-state index in [1.807, 2.05) is 31.2 Å². The van der Waals surface area contributed by atoms with Gasteiger partial charge in [0.15, 0.2) is 0 Å². The van der Waals surface area contributed by atoms with Crippen molar-refractivity contribution in [2.75, 3.05) is 26.9 Å². The van der Waals surface area contributed by atoms with Crippen molar-refractivity contribution in [2.24, 2.45) is 0 Å². The average Bonchev–Trinajstić information content (AvgIpc) is 2.66. The third-order valence-corrected chi connectivity index (χ3v) is 5.45. The quantitative estimate of drug-likeness (QED) is 0.481. The monoisotopic (exact) mass is 407 g/mol. The lowest BCUT2D eigenvalue weighted by Gasteiger charge is -2.13. The molecule has 0 saturated heterocycles. The molecule has 8 heteroatoms. The first kappa shape index (κ1) is 21.9. The lowest BCUT2D eigenvalue weighted by atomic mass is 10.2. The molecule has 2 aromatic carbocycles. The second-order valence-electron chi connectivity index (χ2n) is 6.25. The maximum Gasteiger partial charge on any atom is 0.338 e. The SMILES string of the molecule is COC[C@H](C)NS(=O)(=O)c1ccc(C(=O)OCCOc2ccccc2C)cc1. The number of aryl methyl sites for hydroxylation is 1. The van der Waals surface area contributed by atoms with Crippen LogP contribution in [0, 0.1) is 6.92 Å². The molecule has 0 unspecified atom stereocenters. The van der Waals surface area contributed by atoms with Gasteiger partial charge in [0, 0.05) is 13.2 Å². The van der Waals surface area contributed by atoms with Gasteiger partial charge in [-0.1, -0.05) is 18.2 Å². The highest BCUT2D eigenvalue weighted by molar-refractivity contribution is 7.89. The smallest absolute Gasteiger partial charge is 0.338 e. The largest absolute Gasteiger partial charge is 0.490 e. The van der Waals surface area contributed by atoms with Gasteiger partial charge in [-0.3, -0.25) is 0 Å². The molecule has 0 fully saturated rings. The minimum absolute atomic E-state index is 0.0647. The number of hydrogen-bond acceptors (Lipinski definition) is 6. The van der Waals surface area contributed by atoms with E-state index in [-0.39, 0.29) is 36.3 Å². The highest BCUT2D eigenvalue weighted by atomic mass is 32.2. The third-order valence-electron chi connectivity index (χ3n) is 3.84. The summed E-state index contributed by atoms with van der Waals surface area (Å²) >= 11 is 0. The van der Waals surface area contributed by atoms with Crippen LogP contribution in [0.3, 0.4) is 0 Å². The van der Waals surface area contributed by atoms with E-state index in [0.29, 0.717) is 0 Å². The second kappa shape index (κ2) is 10.2. The van der Waals surface area contributed by atoms with Gasteiger partial charge in [0.1, 0.15) is 19.0 Å². The molecule has 0 aliphatic carbocycles. The molecule has 0 amide bonds. The Kier molecular flexibility index (Phi) is 7.98. The number of benzene rings is 2. The summed E-state index contributed by atoms with van der Waals surface area (Å²) in [6.45, 7) is 4.20. The molecular weight excluding hydrogens is 382 g/mol. The van der Waals surface area contributed by atoms with Gasteiger partial charge in [-0.05, 0) is 49.7 Å². The summed E-state index contributed by atoms with van der Waals surface area (Å²) in [7, 11) is -2.18. The number of rotatable bonds is 10. The van der Waals surface area contributed by atoms with Crippen LogP contribution < -0.4 is 9.46 Å². The van der Waals surface area contributed by atoms with E-state index in [4.69, 9.17) is 14.2 Å². The van der Waals surface area contributed by atoms with Crippen molar-refractivity contribution in [3.8, 4) is 5.75 Å². The van der Waals surface area contributed by atoms with Crippen LogP contribution >= 0.6 is 0 Å². The number of hydrogen-bond donors (Lipinski definition) is 1. The van der Waals surface area contributed by atoms with Gasteiger partial charge in [-0.2, -0.15) is 0 Å². The van der Waals surface area contributed by atoms with Crippen molar-refractivity contribution < 1.29 is 27.4 Å². The van der Waals surface area contributed by atoms with Crippen molar-refractivity contribution in [2.45, 2.75) is 24.8 Å². The molecule has 2 aromatic rings. The zero-order valence-electron chi connectivity index (χ0n) is 16.2. The first-order valence-corrected chi connectivity index (χ1v) is 10.3. The van der Waals surface area contributed by atoms with E-state index in [1.165, 1.54) is 31.4 Å². The van der Waals surface area contributed by atoms with E-state index in [2.05, 4.69) is 4.72 Å². The van der Waals surface area contributed by atoms with Crippen molar-refractivity contribution >= 4 is 16.0 Å². The Morgan fingerprint density at radius 2 is 1.75 bits per heavy atom. The zero-order valence-corrected chi connectivity index (χ0v) is 17.0. The van der Waals surface area contributed by atoms with Gasteiger partial charge in [0.05, 0.1) is 17.1 Å². The Labute approximate surface area is 165 Å². The molecule has 0 aliphatic rings. The number of esters is 1. The summed E-state index contributed by atoms with van der Waals surface area (Å²) in [6.07, 6.45) is 0. The van der Waals surface area contributed by atoms with Gasteiger partial charge in [-0.15, -0.1) is 0 Å². The standard InChI is InChI=1S/C20H25NO6S/c1-15-6-4-5-7-19(15)26-12-13-27-20(22)17-8-10-18(11-9-17)28(23,24)21-16(2)14-25-3/h4-11,16,21H,12-14H2,1-3H3/t16-/m0/s1. The molecular formula is C20H25NO6S. The molecule has 2 rings (SSSR count). The topological polar surface area (TPSA) is 90.9 Å². The summed E-state index contributed by atoms with van der Waals surface area (Å²) in [5.41, 5.74) is 1.26. The van der Waals surface area contributed by atoms with Gasteiger partial charge in [0.2, 0.25) is 10.0 Å². The van der Waals surface area contributed by atoms with Gasteiger partial charge in [-0.25, -0.2) is 17.9 Å². The van der Waals surface area contributed by atoms with Crippen LogP contribution in [-0.4, -0.2) is 47.4 Å². The Balaban J connectivity index is 1.86. The highest BCUT2D eigenvalue weighted by Crippen LogP contribution is 2.16. The normalized spacial score (nSPS) is 12.4. The van der Waals surface area contributed by atoms with E-state index >= 15 is 0 Å². The van der Waals surface area contributed by atoms with E-state index in [0.717, 1.165) is 11.3 Å². The molecule has 1 atom stereocenters. The molecule has 0 bridgehead atoms. The Hall–Kier alpha value is -2.42. The molecule has 0 saturated carbocycles. The fourth-order valence-corrected chi connectivity index (χ4v) is 3.70. The molecule has 7 nitrogen and oxygen atoms in total. The predicted molar refractivity (Wildman–Crippen MR) is 105 cm³/mol. The minimum Gasteiger partial charge on any atom is -0.490 e. The first-order chi connectivity index (χ1) is 13.3. The zero-order chi connectivity index (χ0) is 20.6. The summed E-state index contributed by atoms with van der Waals surface area (Å²) < 4.78 is 42.7. The lowest BCUT2D eigenvalue weighted by molar-refractivity contribution is 0.0450. The molecule has 0 heterocycles. The molecule has 0 radical (unpaired) electrons. The first-order valence-electron chi connectivity index (χ1n) is 8.80. The fourth-order valence-electron chi connectivity index (χ4n) is 2.47. The van der Waals surface area contributed by atoms with Crippen LogP contribution in [0.5, 0.6) is 5.75 Å². The number of sulfonamides is 1. The van der Waals surface area contributed by atoms with Crippen LogP contribution in [0.25, 0.3) is 0 Å². The van der Waals surface area contributed by atoms with Crippen LogP contribution in [0.15, 0.2) is 53.4 Å². The van der Waals surface area contributed by atoms with Gasteiger partial charge >= 0.3 is 5.97 Å². The second-order valence-corrected chi connectivity index (χ2v) is 7.97. The molecule has 0 spiro atoms. The van der Waals surface area contributed by atoms with Gasteiger partial charge in [0.25, 0.3) is 0 Å². The number of nitrogens with one attached hydrogen (secondary N) is 1. The van der Waals surface area contributed by atoms with Gasteiger partial charge < -0.3 is 14.2 Å². The molecule has 0 aromatic heterocycles. The molecule has 1 N–H and O–H groups in total. The van der Waals surface area contributed by atoms with Crippen LogP contribution in [0.1, 0.15) is 22.8 Å². The predicted octanol–water partition coefficient (Wildman–Crippen LogP) is 2.54.